The fourth-order valence-corrected chi connectivity index (χ4v) is 2.40. The van der Waals surface area contributed by atoms with Gasteiger partial charge in [-0.3, -0.25) is 4.79 Å². The summed E-state index contributed by atoms with van der Waals surface area (Å²) in [6.07, 6.45) is 3.27. The summed E-state index contributed by atoms with van der Waals surface area (Å²) in [6.45, 7) is 0. The molecular formula is C13H10ClNOS. The van der Waals surface area contributed by atoms with Crippen molar-refractivity contribution in [2.45, 2.75) is 0 Å². The van der Waals surface area contributed by atoms with Crippen LogP contribution in [0.3, 0.4) is 0 Å². The molecule has 2 aromatic rings. The summed E-state index contributed by atoms with van der Waals surface area (Å²) < 4.78 is 0. The highest BCUT2D eigenvalue weighted by Crippen LogP contribution is 2.30. The van der Waals surface area contributed by atoms with E-state index in [-0.39, 0.29) is 5.78 Å². The Kier molecular flexibility index (Phi) is 3.61. The Bertz CT molecular complexity index is 560. The Balaban J connectivity index is 2.18. The molecule has 0 unspecified atom stereocenters. The molecule has 1 aromatic carbocycles. The van der Waals surface area contributed by atoms with E-state index in [1.165, 1.54) is 17.4 Å². The molecule has 0 saturated carbocycles. The topological polar surface area (TPSA) is 43.1 Å². The summed E-state index contributed by atoms with van der Waals surface area (Å²) in [6, 6.07) is 9.61. The Morgan fingerprint density at radius 2 is 2.00 bits per heavy atom. The Hall–Kier alpha value is -1.58. The molecule has 2 nitrogen and oxygen atoms in total. The van der Waals surface area contributed by atoms with Gasteiger partial charge in [-0.15, -0.1) is 11.3 Å². The lowest BCUT2D eigenvalue weighted by Gasteiger charge is -1.94. The molecule has 0 aliphatic rings. The largest absolute Gasteiger partial charge is 0.396 e. The van der Waals surface area contributed by atoms with Crippen molar-refractivity contribution in [2.75, 3.05) is 5.73 Å². The van der Waals surface area contributed by atoms with Gasteiger partial charge in [-0.1, -0.05) is 48.0 Å². The zero-order valence-corrected chi connectivity index (χ0v) is 10.5. The van der Waals surface area contributed by atoms with Gasteiger partial charge in [-0.2, -0.15) is 0 Å². The molecule has 0 bridgehead atoms. The summed E-state index contributed by atoms with van der Waals surface area (Å²) in [5.74, 6) is -0.122. The van der Waals surface area contributed by atoms with E-state index in [0.29, 0.717) is 15.6 Å². The molecule has 1 aromatic heterocycles. The minimum absolute atomic E-state index is 0.122. The SMILES string of the molecule is Nc1c(Cl)csc1C(=O)/C=C/c1ccccc1. The molecule has 0 spiro atoms. The van der Waals surface area contributed by atoms with Crippen molar-refractivity contribution in [3.8, 4) is 0 Å². The van der Waals surface area contributed by atoms with Crippen molar-refractivity contribution in [2.24, 2.45) is 0 Å². The number of hydrogen-bond donors (Lipinski definition) is 1. The van der Waals surface area contributed by atoms with E-state index in [2.05, 4.69) is 0 Å². The normalized spacial score (nSPS) is 10.9. The highest BCUT2D eigenvalue weighted by atomic mass is 35.5. The fraction of sp³-hybridized carbons (Fsp3) is 0. The van der Waals surface area contributed by atoms with Crippen LogP contribution >= 0.6 is 22.9 Å². The number of rotatable bonds is 3. The maximum atomic E-state index is 11.8. The first kappa shape index (κ1) is 11.9. The van der Waals surface area contributed by atoms with Crippen LogP contribution in [0.5, 0.6) is 0 Å². The van der Waals surface area contributed by atoms with Gasteiger partial charge in [0.1, 0.15) is 0 Å². The molecule has 1 heterocycles. The van der Waals surface area contributed by atoms with Crippen LogP contribution in [0.4, 0.5) is 5.69 Å². The smallest absolute Gasteiger partial charge is 0.197 e. The van der Waals surface area contributed by atoms with Crippen LogP contribution in [0.1, 0.15) is 15.2 Å². The highest BCUT2D eigenvalue weighted by molar-refractivity contribution is 7.13. The van der Waals surface area contributed by atoms with Crippen molar-refractivity contribution in [3.63, 3.8) is 0 Å². The van der Waals surface area contributed by atoms with Gasteiger partial charge in [-0.25, -0.2) is 0 Å². The number of carbonyl (C=O) groups is 1. The first-order valence-corrected chi connectivity index (χ1v) is 6.24. The van der Waals surface area contributed by atoms with E-state index >= 15 is 0 Å². The summed E-state index contributed by atoms with van der Waals surface area (Å²) in [7, 11) is 0. The lowest BCUT2D eigenvalue weighted by molar-refractivity contribution is 0.105. The Morgan fingerprint density at radius 1 is 1.29 bits per heavy atom. The Morgan fingerprint density at radius 3 is 2.59 bits per heavy atom. The van der Waals surface area contributed by atoms with Gasteiger partial charge in [0, 0.05) is 5.38 Å². The first-order chi connectivity index (χ1) is 8.18. The van der Waals surface area contributed by atoms with Crippen LogP contribution in [-0.2, 0) is 0 Å². The van der Waals surface area contributed by atoms with Crippen molar-refractivity contribution in [3.05, 3.63) is 57.3 Å². The maximum absolute atomic E-state index is 11.8. The number of carbonyl (C=O) groups excluding carboxylic acids is 1. The molecular weight excluding hydrogens is 254 g/mol. The number of allylic oxidation sites excluding steroid dienone is 1. The summed E-state index contributed by atoms with van der Waals surface area (Å²) >= 11 is 7.06. The molecule has 0 atom stereocenters. The molecule has 86 valence electrons. The quantitative estimate of drug-likeness (QED) is 0.675. The molecule has 2 N–H and O–H groups in total. The number of benzene rings is 1. The zero-order valence-electron chi connectivity index (χ0n) is 8.89. The summed E-state index contributed by atoms with van der Waals surface area (Å²) in [5.41, 5.74) is 7.03. The van der Waals surface area contributed by atoms with E-state index in [1.807, 2.05) is 30.3 Å². The third-order valence-electron chi connectivity index (χ3n) is 2.23. The molecule has 0 aliphatic carbocycles. The van der Waals surface area contributed by atoms with Crippen LogP contribution < -0.4 is 5.73 Å². The van der Waals surface area contributed by atoms with Gasteiger partial charge in [-0.05, 0) is 11.6 Å². The Labute approximate surface area is 108 Å². The van der Waals surface area contributed by atoms with Gasteiger partial charge in [0.25, 0.3) is 0 Å². The number of hydrogen-bond acceptors (Lipinski definition) is 3. The summed E-state index contributed by atoms with van der Waals surface area (Å²) in [4.78, 5) is 12.3. The van der Waals surface area contributed by atoms with E-state index in [1.54, 1.807) is 11.5 Å². The van der Waals surface area contributed by atoms with Gasteiger partial charge in [0.2, 0.25) is 0 Å². The highest BCUT2D eigenvalue weighted by Gasteiger charge is 2.11. The number of nitrogen functional groups attached to an aromatic ring is 1. The van der Waals surface area contributed by atoms with Crippen LogP contribution in [0.2, 0.25) is 5.02 Å². The van der Waals surface area contributed by atoms with Crippen LogP contribution in [0.15, 0.2) is 41.8 Å². The zero-order chi connectivity index (χ0) is 12.3. The van der Waals surface area contributed by atoms with Crippen LogP contribution in [0.25, 0.3) is 6.08 Å². The van der Waals surface area contributed by atoms with Gasteiger partial charge in [0.05, 0.1) is 15.6 Å². The predicted molar refractivity (Wildman–Crippen MR) is 73.5 cm³/mol. The van der Waals surface area contributed by atoms with E-state index in [9.17, 15) is 4.79 Å². The third kappa shape index (κ3) is 2.75. The second kappa shape index (κ2) is 5.17. The van der Waals surface area contributed by atoms with Gasteiger partial charge < -0.3 is 5.73 Å². The minimum atomic E-state index is -0.122. The number of nitrogens with two attached hydrogens (primary N) is 1. The van der Waals surface area contributed by atoms with Crippen LogP contribution in [0, 0.1) is 0 Å². The molecule has 0 radical (unpaired) electrons. The van der Waals surface area contributed by atoms with Crippen molar-refractivity contribution in [1.82, 2.24) is 0 Å². The molecule has 0 aliphatic heterocycles. The van der Waals surface area contributed by atoms with E-state index in [0.717, 1.165) is 5.56 Å². The van der Waals surface area contributed by atoms with E-state index in [4.69, 9.17) is 17.3 Å². The van der Waals surface area contributed by atoms with E-state index < -0.39 is 0 Å². The number of halogens is 1. The standard InChI is InChI=1S/C13H10ClNOS/c14-10-8-17-13(12(10)15)11(16)7-6-9-4-2-1-3-5-9/h1-8H,15H2/b7-6+. The molecule has 0 amide bonds. The monoisotopic (exact) mass is 263 g/mol. The maximum Gasteiger partial charge on any atom is 0.197 e. The van der Waals surface area contributed by atoms with Gasteiger partial charge >= 0.3 is 0 Å². The summed E-state index contributed by atoms with van der Waals surface area (Å²) in [5, 5.41) is 2.10. The van der Waals surface area contributed by atoms with Crippen molar-refractivity contribution < 1.29 is 4.79 Å². The second-order valence-corrected chi connectivity index (χ2v) is 4.72. The third-order valence-corrected chi connectivity index (χ3v) is 3.69. The van der Waals surface area contributed by atoms with Crippen molar-refractivity contribution in [1.29, 1.82) is 0 Å². The number of ketones is 1. The van der Waals surface area contributed by atoms with Crippen molar-refractivity contribution >= 4 is 40.5 Å². The molecule has 2 rings (SSSR count). The lowest BCUT2D eigenvalue weighted by atomic mass is 10.2. The number of anilines is 1. The average molecular weight is 264 g/mol. The van der Waals surface area contributed by atoms with Gasteiger partial charge in [0.15, 0.2) is 5.78 Å². The molecule has 0 fully saturated rings. The lowest BCUT2D eigenvalue weighted by Crippen LogP contribution is -1.96. The second-order valence-electron chi connectivity index (χ2n) is 3.43. The first-order valence-electron chi connectivity index (χ1n) is 4.98. The predicted octanol–water partition coefficient (Wildman–Crippen LogP) is 3.88. The average Bonchev–Trinajstić information content (AvgIpc) is 2.69. The fourth-order valence-electron chi connectivity index (χ4n) is 1.35. The minimum Gasteiger partial charge on any atom is -0.396 e. The van der Waals surface area contributed by atoms with Crippen LogP contribution in [-0.4, -0.2) is 5.78 Å². The molecule has 0 saturated heterocycles. The molecule has 4 heteroatoms. The molecule has 17 heavy (non-hydrogen) atoms. The number of thiophene rings is 1.